The van der Waals surface area contributed by atoms with Crippen LogP contribution in [0, 0.1) is 0 Å². The van der Waals surface area contributed by atoms with Gasteiger partial charge in [0, 0.05) is 5.97 Å². The predicted octanol–water partition coefficient (Wildman–Crippen LogP) is 0.192. The molecule has 0 amide bonds. The van der Waals surface area contributed by atoms with Gasteiger partial charge in [0.1, 0.15) is 0 Å². The van der Waals surface area contributed by atoms with Crippen molar-refractivity contribution in [2.24, 2.45) is 0 Å². The van der Waals surface area contributed by atoms with Gasteiger partial charge >= 0.3 is 51.4 Å². The molecule has 1 unspecified atom stereocenters. The maximum Gasteiger partial charge on any atom is 1.00 e. The van der Waals surface area contributed by atoms with Crippen LogP contribution in [-0.4, -0.2) is 17.2 Å². The zero-order chi connectivity index (χ0) is 14.3. The molecule has 3 nitrogen and oxygen atoms in total. The van der Waals surface area contributed by atoms with E-state index in [9.17, 15) is 15.0 Å². The van der Waals surface area contributed by atoms with Crippen LogP contribution in [0.5, 0.6) is 0 Å². The van der Waals surface area contributed by atoms with Crippen LogP contribution in [0.4, 0.5) is 0 Å². The van der Waals surface area contributed by atoms with Gasteiger partial charge < -0.3 is 15.0 Å². The van der Waals surface area contributed by atoms with Crippen molar-refractivity contribution in [1.82, 2.24) is 0 Å². The number of carboxylic acids is 1. The largest absolute Gasteiger partial charge is 1.00 e. The van der Waals surface area contributed by atoms with E-state index in [0.29, 0.717) is 6.42 Å². The number of carbonyl (C=O) groups excluding carboxylic acids is 1. The fourth-order valence-corrected chi connectivity index (χ4v) is 2.30. The van der Waals surface area contributed by atoms with Crippen LogP contribution in [-0.2, 0) is 4.79 Å². The molecule has 0 spiro atoms. The van der Waals surface area contributed by atoms with E-state index in [1.165, 1.54) is 51.4 Å². The zero-order valence-corrected chi connectivity index (χ0v) is 16.7. The molecule has 0 aliphatic rings. The van der Waals surface area contributed by atoms with Crippen LogP contribution in [0.25, 0.3) is 0 Å². The second-order valence-electron chi connectivity index (χ2n) is 5.54. The number of hydrogen-bond donors (Lipinski definition) is 1. The van der Waals surface area contributed by atoms with Gasteiger partial charge in [-0.1, -0.05) is 71.1 Å². The number of aliphatic carboxylic acids is 1. The molecule has 0 aromatic rings. The van der Waals surface area contributed by atoms with Crippen LogP contribution in [0.1, 0.15) is 90.4 Å². The van der Waals surface area contributed by atoms with Crippen LogP contribution in [0.3, 0.4) is 0 Å². The minimum absolute atomic E-state index is 0. The molecule has 1 atom stereocenters. The summed E-state index contributed by atoms with van der Waals surface area (Å²) < 4.78 is 0. The van der Waals surface area contributed by atoms with Crippen LogP contribution < -0.4 is 56.5 Å². The fourth-order valence-electron chi connectivity index (χ4n) is 2.30. The molecule has 4 heteroatoms. The Bertz CT molecular complexity index is 210. The van der Waals surface area contributed by atoms with Gasteiger partial charge in [0.2, 0.25) is 0 Å². The summed E-state index contributed by atoms with van der Waals surface area (Å²) in [6.07, 6.45) is 13.4. The van der Waals surface area contributed by atoms with Crippen molar-refractivity contribution in [3.05, 3.63) is 0 Å². The first-order chi connectivity index (χ1) is 9.16. The second kappa shape index (κ2) is 18.1. The van der Waals surface area contributed by atoms with Gasteiger partial charge in [0.25, 0.3) is 0 Å². The first-order valence-electron chi connectivity index (χ1n) is 8.04. The van der Waals surface area contributed by atoms with E-state index >= 15 is 0 Å². The maximum absolute atomic E-state index is 10.2. The number of carbonyl (C=O) groups is 1. The third-order valence-electron chi connectivity index (χ3n) is 3.57. The van der Waals surface area contributed by atoms with E-state index in [0.717, 1.165) is 19.3 Å². The molecule has 0 heterocycles. The van der Waals surface area contributed by atoms with Crippen molar-refractivity contribution < 1.29 is 66.4 Å². The van der Waals surface area contributed by atoms with Crippen molar-refractivity contribution in [3.63, 3.8) is 0 Å². The monoisotopic (exact) mass is 310 g/mol. The summed E-state index contributed by atoms with van der Waals surface area (Å²) in [5.41, 5.74) is 0. The van der Waals surface area contributed by atoms with Crippen LogP contribution in [0.15, 0.2) is 0 Å². The molecule has 0 radical (unpaired) electrons. The van der Waals surface area contributed by atoms with Crippen LogP contribution in [0.2, 0.25) is 0 Å². The first kappa shape index (κ1) is 23.3. The normalized spacial score (nSPS) is 11.9. The standard InChI is InChI=1S/C16H32O3.K/c1-2-3-4-5-6-7-8-9-10-11-12-15(17)13-14-16(18)19;/h15,17H,2-14H2,1H3,(H,18,19);/q;+1/p-1. The Labute approximate surface area is 167 Å². The Morgan fingerprint density at radius 3 is 1.80 bits per heavy atom. The van der Waals surface area contributed by atoms with Crippen molar-refractivity contribution in [2.45, 2.75) is 96.5 Å². The van der Waals surface area contributed by atoms with Gasteiger partial charge in [-0.3, -0.25) is 0 Å². The van der Waals surface area contributed by atoms with Gasteiger partial charge in [-0.15, -0.1) is 0 Å². The molecule has 0 saturated heterocycles. The van der Waals surface area contributed by atoms with Crippen LogP contribution >= 0.6 is 0 Å². The molecule has 0 bridgehead atoms. The molecule has 0 aliphatic heterocycles. The van der Waals surface area contributed by atoms with Gasteiger partial charge in [-0.05, 0) is 19.3 Å². The maximum atomic E-state index is 10.2. The molecule has 0 saturated carbocycles. The van der Waals surface area contributed by atoms with Gasteiger partial charge in [-0.25, -0.2) is 0 Å². The molecule has 20 heavy (non-hydrogen) atoms. The zero-order valence-electron chi connectivity index (χ0n) is 13.5. The minimum Gasteiger partial charge on any atom is -0.550 e. The summed E-state index contributed by atoms with van der Waals surface area (Å²) in [6.45, 7) is 2.24. The Morgan fingerprint density at radius 1 is 0.900 bits per heavy atom. The number of rotatable bonds is 14. The Kier molecular flexibility index (Phi) is 21.1. The third kappa shape index (κ3) is 19.1. The molecule has 114 valence electrons. The van der Waals surface area contributed by atoms with E-state index in [4.69, 9.17) is 0 Å². The van der Waals surface area contributed by atoms with E-state index in [-0.39, 0.29) is 57.8 Å². The number of aliphatic hydroxyl groups is 1. The van der Waals surface area contributed by atoms with E-state index < -0.39 is 12.1 Å². The Morgan fingerprint density at radius 2 is 1.35 bits per heavy atom. The van der Waals surface area contributed by atoms with E-state index in [1.54, 1.807) is 0 Å². The fraction of sp³-hybridized carbons (Fsp3) is 0.938. The molecule has 0 aromatic carbocycles. The number of hydrogen-bond acceptors (Lipinski definition) is 3. The molecule has 1 N–H and O–H groups in total. The summed E-state index contributed by atoms with van der Waals surface area (Å²) in [4.78, 5) is 10.2. The summed E-state index contributed by atoms with van der Waals surface area (Å²) in [7, 11) is 0. The van der Waals surface area contributed by atoms with E-state index in [1.807, 2.05) is 0 Å². The second-order valence-corrected chi connectivity index (χ2v) is 5.54. The summed E-state index contributed by atoms with van der Waals surface area (Å²) in [6, 6.07) is 0. The van der Waals surface area contributed by atoms with Gasteiger partial charge in [-0.2, -0.15) is 0 Å². The average molecular weight is 311 g/mol. The Balaban J connectivity index is 0. The minimum atomic E-state index is -1.07. The van der Waals surface area contributed by atoms with Crippen molar-refractivity contribution in [2.75, 3.05) is 0 Å². The molecular weight excluding hydrogens is 279 g/mol. The number of aliphatic hydroxyl groups excluding tert-OH is 1. The molecule has 0 aliphatic carbocycles. The van der Waals surface area contributed by atoms with Gasteiger partial charge in [0.05, 0.1) is 6.10 Å². The SMILES string of the molecule is CCCCCCCCCCCCC(O)CCC(=O)[O-].[K+]. The van der Waals surface area contributed by atoms with Gasteiger partial charge in [0.15, 0.2) is 0 Å². The first-order valence-corrected chi connectivity index (χ1v) is 8.04. The Hall–Kier alpha value is 1.07. The van der Waals surface area contributed by atoms with E-state index in [2.05, 4.69) is 6.92 Å². The van der Waals surface area contributed by atoms with Crippen molar-refractivity contribution in [1.29, 1.82) is 0 Å². The third-order valence-corrected chi connectivity index (χ3v) is 3.57. The molecule has 0 aromatic heterocycles. The smallest absolute Gasteiger partial charge is 0.550 e. The predicted molar refractivity (Wildman–Crippen MR) is 76.7 cm³/mol. The van der Waals surface area contributed by atoms with Crippen molar-refractivity contribution >= 4 is 5.97 Å². The number of unbranched alkanes of at least 4 members (excludes halogenated alkanes) is 9. The average Bonchev–Trinajstić information content (AvgIpc) is 2.38. The topological polar surface area (TPSA) is 60.4 Å². The quantitative estimate of drug-likeness (QED) is 0.368. The van der Waals surface area contributed by atoms with Crippen molar-refractivity contribution in [3.8, 4) is 0 Å². The molecular formula is C16H31KO3. The molecule has 0 fully saturated rings. The number of carboxylic acid groups (broad SMARTS) is 1. The summed E-state index contributed by atoms with van der Waals surface area (Å²) >= 11 is 0. The summed E-state index contributed by atoms with van der Waals surface area (Å²) in [5.74, 6) is -1.07. The molecule has 0 rings (SSSR count). The summed E-state index contributed by atoms with van der Waals surface area (Å²) in [5, 5.41) is 19.8.